The summed E-state index contributed by atoms with van der Waals surface area (Å²) in [5.74, 6) is 3.31. The van der Waals surface area contributed by atoms with E-state index in [1.54, 1.807) is 11.8 Å². The monoisotopic (exact) mass is 254 g/mol. The van der Waals surface area contributed by atoms with Gasteiger partial charge in [0.05, 0.1) is 0 Å². The summed E-state index contributed by atoms with van der Waals surface area (Å²) in [6.07, 6.45) is 0. The molecule has 2 aromatic rings. The zero-order chi connectivity index (χ0) is 11.4. The summed E-state index contributed by atoms with van der Waals surface area (Å²) in [7, 11) is 0. The maximum atomic E-state index is 5.68. The summed E-state index contributed by atoms with van der Waals surface area (Å²) in [6.45, 7) is 2.16. The van der Waals surface area contributed by atoms with Gasteiger partial charge in [0, 0.05) is 17.2 Å². The zero-order valence-corrected chi connectivity index (χ0v) is 10.7. The van der Waals surface area contributed by atoms with Crippen molar-refractivity contribution >= 4 is 40.3 Å². The van der Waals surface area contributed by atoms with Gasteiger partial charge in [0.25, 0.3) is 5.22 Å². The number of hydrogen-bond acceptors (Lipinski definition) is 5. The molecule has 0 unspecified atom stereocenters. The van der Waals surface area contributed by atoms with Gasteiger partial charge in [-0.25, -0.2) is 4.98 Å². The number of fused-ring (bicyclic) bond motifs is 1. The van der Waals surface area contributed by atoms with Crippen LogP contribution in [-0.2, 0) is 0 Å². The largest absolute Gasteiger partial charge is 0.431 e. The van der Waals surface area contributed by atoms with Crippen molar-refractivity contribution in [3.05, 3.63) is 18.2 Å². The third-order valence-electron chi connectivity index (χ3n) is 2.05. The highest BCUT2D eigenvalue weighted by Gasteiger charge is 2.05. The average molecular weight is 254 g/mol. The van der Waals surface area contributed by atoms with Crippen LogP contribution in [0.15, 0.2) is 27.8 Å². The minimum Gasteiger partial charge on any atom is -0.431 e. The molecule has 0 amide bonds. The lowest BCUT2D eigenvalue weighted by molar-refractivity contribution is 0.489. The number of nitrogens with two attached hydrogens (primary N) is 1. The lowest BCUT2D eigenvalue weighted by atomic mass is 10.3. The first-order valence-corrected chi connectivity index (χ1v) is 7.30. The SMILES string of the molecule is CCSCCSc1nc2cc(N)ccc2o1. The van der Waals surface area contributed by atoms with Crippen LogP contribution in [-0.4, -0.2) is 22.2 Å². The number of aromatic nitrogens is 1. The Labute approximate surface area is 103 Å². The van der Waals surface area contributed by atoms with Crippen LogP contribution >= 0.6 is 23.5 Å². The van der Waals surface area contributed by atoms with E-state index in [2.05, 4.69) is 11.9 Å². The molecule has 0 saturated carbocycles. The van der Waals surface area contributed by atoms with E-state index in [-0.39, 0.29) is 0 Å². The minimum atomic E-state index is 0.721. The summed E-state index contributed by atoms with van der Waals surface area (Å²) in [6, 6.07) is 5.53. The standard InChI is InChI=1S/C11H14N2OS2/c1-2-15-5-6-16-11-13-9-7-8(12)3-4-10(9)14-11/h3-4,7H,2,5-6,12H2,1H3. The molecule has 2 rings (SSSR count). The second-order valence-corrected chi connectivity index (χ2v) is 5.69. The Kier molecular flexibility index (Phi) is 4.01. The predicted molar refractivity (Wildman–Crippen MR) is 72.1 cm³/mol. The predicted octanol–water partition coefficient (Wildman–Crippen LogP) is 3.26. The second kappa shape index (κ2) is 5.50. The molecular formula is C11H14N2OS2. The quantitative estimate of drug-likeness (QED) is 0.504. The highest BCUT2D eigenvalue weighted by atomic mass is 32.2. The van der Waals surface area contributed by atoms with Gasteiger partial charge in [-0.15, -0.1) is 0 Å². The molecule has 0 bridgehead atoms. The van der Waals surface area contributed by atoms with Crippen molar-refractivity contribution in [1.29, 1.82) is 0 Å². The third kappa shape index (κ3) is 2.86. The number of nitrogen functional groups attached to an aromatic ring is 1. The van der Waals surface area contributed by atoms with Gasteiger partial charge in [0.15, 0.2) is 5.58 Å². The van der Waals surface area contributed by atoms with Gasteiger partial charge in [-0.3, -0.25) is 0 Å². The third-order valence-corrected chi connectivity index (χ3v) is 4.04. The first kappa shape index (κ1) is 11.7. The van der Waals surface area contributed by atoms with Crippen LogP contribution in [0.5, 0.6) is 0 Å². The summed E-state index contributed by atoms with van der Waals surface area (Å²) < 4.78 is 5.59. The van der Waals surface area contributed by atoms with Gasteiger partial charge in [0.2, 0.25) is 0 Å². The highest BCUT2D eigenvalue weighted by Crippen LogP contribution is 2.25. The Balaban J connectivity index is 2.02. The molecule has 86 valence electrons. The van der Waals surface area contributed by atoms with E-state index in [0.29, 0.717) is 0 Å². The van der Waals surface area contributed by atoms with Crippen molar-refractivity contribution in [3.63, 3.8) is 0 Å². The number of anilines is 1. The molecule has 3 nitrogen and oxygen atoms in total. The Bertz CT molecular complexity index is 470. The molecular weight excluding hydrogens is 240 g/mol. The molecule has 0 aliphatic heterocycles. The Morgan fingerprint density at radius 2 is 2.25 bits per heavy atom. The molecule has 2 N–H and O–H groups in total. The van der Waals surface area contributed by atoms with Gasteiger partial charge in [-0.05, 0) is 24.0 Å². The van der Waals surface area contributed by atoms with Crippen molar-refractivity contribution in [2.45, 2.75) is 12.1 Å². The number of oxazole rings is 1. The highest BCUT2D eigenvalue weighted by molar-refractivity contribution is 8.02. The number of rotatable bonds is 5. The lowest BCUT2D eigenvalue weighted by Crippen LogP contribution is -1.84. The van der Waals surface area contributed by atoms with Crippen LogP contribution in [0, 0.1) is 0 Å². The molecule has 1 aromatic carbocycles. The maximum Gasteiger partial charge on any atom is 0.256 e. The Hall–Kier alpha value is -0.810. The summed E-state index contributed by atoms with van der Waals surface area (Å²) in [5.41, 5.74) is 8.05. The maximum absolute atomic E-state index is 5.68. The van der Waals surface area contributed by atoms with E-state index < -0.39 is 0 Å². The number of thioether (sulfide) groups is 2. The van der Waals surface area contributed by atoms with Gasteiger partial charge in [-0.2, -0.15) is 11.8 Å². The van der Waals surface area contributed by atoms with Crippen LogP contribution < -0.4 is 5.73 Å². The molecule has 0 spiro atoms. The average Bonchev–Trinajstić information content (AvgIpc) is 2.66. The normalized spacial score (nSPS) is 11.1. The van der Waals surface area contributed by atoms with Crippen LogP contribution in [0.2, 0.25) is 0 Å². The molecule has 0 atom stereocenters. The van der Waals surface area contributed by atoms with Gasteiger partial charge >= 0.3 is 0 Å². The second-order valence-electron chi connectivity index (χ2n) is 3.25. The van der Waals surface area contributed by atoms with Crippen molar-refractivity contribution < 1.29 is 4.42 Å². The van der Waals surface area contributed by atoms with Gasteiger partial charge in [-0.1, -0.05) is 18.7 Å². The molecule has 1 heterocycles. The topological polar surface area (TPSA) is 52.0 Å². The molecule has 1 aromatic heterocycles. The van der Waals surface area contributed by atoms with E-state index in [1.165, 1.54) is 0 Å². The van der Waals surface area contributed by atoms with E-state index >= 15 is 0 Å². The number of hydrogen-bond donors (Lipinski definition) is 1. The fraction of sp³-hybridized carbons (Fsp3) is 0.364. The Morgan fingerprint density at radius 1 is 1.38 bits per heavy atom. The van der Waals surface area contributed by atoms with Crippen LogP contribution in [0.25, 0.3) is 11.1 Å². The summed E-state index contributed by atoms with van der Waals surface area (Å²) in [4.78, 5) is 4.38. The van der Waals surface area contributed by atoms with Crippen molar-refractivity contribution in [2.24, 2.45) is 0 Å². The first-order valence-electron chi connectivity index (χ1n) is 5.16. The van der Waals surface area contributed by atoms with Crippen molar-refractivity contribution in [1.82, 2.24) is 4.98 Å². The van der Waals surface area contributed by atoms with Gasteiger partial charge < -0.3 is 10.2 Å². The minimum absolute atomic E-state index is 0.721. The molecule has 0 saturated heterocycles. The zero-order valence-electron chi connectivity index (χ0n) is 9.10. The van der Waals surface area contributed by atoms with Gasteiger partial charge in [0.1, 0.15) is 5.52 Å². The summed E-state index contributed by atoms with van der Waals surface area (Å²) in [5, 5.41) is 0.734. The molecule has 16 heavy (non-hydrogen) atoms. The number of nitrogens with zero attached hydrogens (tertiary/aromatic N) is 1. The van der Waals surface area contributed by atoms with E-state index in [9.17, 15) is 0 Å². The lowest BCUT2D eigenvalue weighted by Gasteiger charge is -1.94. The smallest absolute Gasteiger partial charge is 0.256 e. The summed E-state index contributed by atoms with van der Waals surface area (Å²) >= 11 is 3.58. The number of benzene rings is 1. The molecule has 5 heteroatoms. The van der Waals surface area contributed by atoms with E-state index in [1.807, 2.05) is 30.0 Å². The van der Waals surface area contributed by atoms with Crippen LogP contribution in [0.3, 0.4) is 0 Å². The van der Waals surface area contributed by atoms with Crippen molar-refractivity contribution in [3.8, 4) is 0 Å². The van der Waals surface area contributed by atoms with Crippen molar-refractivity contribution in [2.75, 3.05) is 23.0 Å². The fourth-order valence-electron chi connectivity index (χ4n) is 1.32. The molecule has 0 radical (unpaired) electrons. The Morgan fingerprint density at radius 3 is 3.06 bits per heavy atom. The first-order chi connectivity index (χ1) is 7.79. The molecule has 0 fully saturated rings. The molecule has 0 aliphatic carbocycles. The molecule has 0 aliphatic rings. The fourth-order valence-corrected chi connectivity index (χ4v) is 2.90. The van der Waals surface area contributed by atoms with E-state index in [0.717, 1.165) is 39.3 Å². The van der Waals surface area contributed by atoms with E-state index in [4.69, 9.17) is 10.2 Å². The van der Waals surface area contributed by atoms with Crippen LogP contribution in [0.4, 0.5) is 5.69 Å². The van der Waals surface area contributed by atoms with Crippen LogP contribution in [0.1, 0.15) is 6.92 Å².